The van der Waals surface area contributed by atoms with Gasteiger partial charge in [0, 0.05) is 16.3 Å². The van der Waals surface area contributed by atoms with E-state index < -0.39 is 17.6 Å². The number of thioether (sulfide) groups is 1. The van der Waals surface area contributed by atoms with E-state index in [2.05, 4.69) is 30.6 Å². The molecule has 1 aromatic heterocycles. The number of amides is 2. The van der Waals surface area contributed by atoms with Crippen LogP contribution in [0, 0.1) is 12.7 Å². The van der Waals surface area contributed by atoms with Crippen LogP contribution in [0.4, 0.5) is 4.39 Å². The summed E-state index contributed by atoms with van der Waals surface area (Å²) >= 11 is 7.10. The smallest absolute Gasteiger partial charge is 0.286 e. The Kier molecular flexibility index (Phi) is 9.40. The van der Waals surface area contributed by atoms with Crippen molar-refractivity contribution < 1.29 is 23.4 Å². The van der Waals surface area contributed by atoms with Gasteiger partial charge >= 0.3 is 0 Å². The molecule has 0 aliphatic rings. The largest absolute Gasteiger partial charge is 0.379 e. The van der Waals surface area contributed by atoms with E-state index in [0.717, 1.165) is 0 Å². The van der Waals surface area contributed by atoms with Gasteiger partial charge in [-0.2, -0.15) is 0 Å². The summed E-state index contributed by atoms with van der Waals surface area (Å²) in [6, 6.07) is 4.36. The van der Waals surface area contributed by atoms with Crippen LogP contribution in [-0.4, -0.2) is 52.6 Å². The number of nitrogens with two attached hydrogens (primary N) is 1. The van der Waals surface area contributed by atoms with E-state index in [1.54, 1.807) is 13.0 Å². The van der Waals surface area contributed by atoms with Gasteiger partial charge in [-0.3, -0.25) is 19.4 Å². The van der Waals surface area contributed by atoms with E-state index >= 15 is 0 Å². The molecule has 0 bridgehead atoms. The second kappa shape index (κ2) is 12.0. The zero-order chi connectivity index (χ0) is 22.8. The van der Waals surface area contributed by atoms with E-state index in [9.17, 15) is 18.8 Å². The molecular weight excluding hydrogens is 451 g/mol. The van der Waals surface area contributed by atoms with Crippen molar-refractivity contribution in [2.75, 3.05) is 18.8 Å². The Balaban J connectivity index is 1.65. The molecule has 0 atom stereocenters. The Morgan fingerprint density at radius 2 is 2.03 bits per heavy atom. The molecule has 0 aliphatic heterocycles. The van der Waals surface area contributed by atoms with Crippen LogP contribution in [-0.2, 0) is 26.7 Å². The molecule has 0 spiro atoms. The zero-order valence-corrected chi connectivity index (χ0v) is 18.1. The number of benzene rings is 1. The van der Waals surface area contributed by atoms with Crippen LogP contribution in [0.25, 0.3) is 0 Å². The number of hydrogen-bond acceptors (Lipinski definition) is 8. The predicted octanol–water partition coefficient (Wildman–Crippen LogP) is 0.763. The fourth-order valence-electron chi connectivity index (χ4n) is 2.12. The highest BCUT2D eigenvalue weighted by Gasteiger charge is 2.12. The minimum Gasteiger partial charge on any atom is -0.379 e. The first-order chi connectivity index (χ1) is 14.8. The van der Waals surface area contributed by atoms with Crippen molar-refractivity contribution >= 4 is 46.8 Å². The summed E-state index contributed by atoms with van der Waals surface area (Å²) < 4.78 is 18.2. The van der Waals surface area contributed by atoms with E-state index in [-0.39, 0.29) is 42.8 Å². The number of carbonyl (C=O) groups is 3. The molecule has 2 amide bonds. The summed E-state index contributed by atoms with van der Waals surface area (Å²) in [6.45, 7) is 1.06. The molecule has 0 aliphatic carbocycles. The Morgan fingerprint density at radius 1 is 1.26 bits per heavy atom. The minimum atomic E-state index is -0.743. The first kappa shape index (κ1) is 24.3. The third-order valence-corrected chi connectivity index (χ3v) is 5.21. The number of carbonyl (C=O) groups excluding carboxylic acids is 3. The number of ketones is 1. The Hall–Kier alpha value is -2.99. The number of rotatable bonds is 10. The van der Waals surface area contributed by atoms with Crippen LogP contribution in [0.3, 0.4) is 0 Å². The number of hydrogen-bond donors (Lipinski definition) is 3. The van der Waals surface area contributed by atoms with Gasteiger partial charge in [-0.15, -0.1) is 11.8 Å². The van der Waals surface area contributed by atoms with Gasteiger partial charge in [0.1, 0.15) is 17.2 Å². The maximum absolute atomic E-state index is 13.7. The number of aromatic nitrogens is 2. The van der Waals surface area contributed by atoms with Crippen LogP contribution >= 0.6 is 23.4 Å². The molecule has 0 unspecified atom stereocenters. The van der Waals surface area contributed by atoms with E-state index in [1.807, 2.05) is 0 Å². The van der Waals surface area contributed by atoms with E-state index in [0.29, 0.717) is 22.0 Å². The van der Waals surface area contributed by atoms with Gasteiger partial charge in [0.15, 0.2) is 11.6 Å². The second-order valence-corrected chi connectivity index (χ2v) is 7.58. The number of amidine groups is 1. The summed E-state index contributed by atoms with van der Waals surface area (Å²) in [6.07, 6.45) is 0. The standard InChI is InChI=1S/C18H20ClFN6O4S/c1-10-15(26-30-25-10)6-23-17(21)18(29)24-7-16(28)22-5-11(27)8-31-9-12-13(19)3-2-4-14(12)20/h2-4H,5-9H2,1H3,(H2,21,23)(H,22,28)(H,24,29). The van der Waals surface area contributed by atoms with Crippen molar-refractivity contribution in [1.29, 1.82) is 0 Å². The van der Waals surface area contributed by atoms with Crippen molar-refractivity contribution in [3.63, 3.8) is 0 Å². The molecule has 13 heteroatoms. The normalized spacial score (nSPS) is 11.3. The molecule has 0 saturated heterocycles. The van der Waals surface area contributed by atoms with Crippen LogP contribution in [0.1, 0.15) is 17.0 Å². The van der Waals surface area contributed by atoms with Gasteiger partial charge in [0.2, 0.25) is 5.91 Å². The third kappa shape index (κ3) is 7.98. The maximum atomic E-state index is 13.7. The molecule has 0 fully saturated rings. The van der Waals surface area contributed by atoms with Crippen molar-refractivity contribution in [1.82, 2.24) is 20.9 Å². The van der Waals surface area contributed by atoms with Crippen molar-refractivity contribution in [2.24, 2.45) is 10.7 Å². The van der Waals surface area contributed by atoms with Crippen LogP contribution < -0.4 is 16.4 Å². The van der Waals surface area contributed by atoms with Gasteiger partial charge in [0.25, 0.3) is 5.91 Å². The lowest BCUT2D eigenvalue weighted by Gasteiger charge is -2.07. The monoisotopic (exact) mass is 470 g/mol. The number of nitrogens with one attached hydrogen (secondary N) is 2. The third-order valence-electron chi connectivity index (χ3n) is 3.84. The van der Waals surface area contributed by atoms with Crippen molar-refractivity contribution in [2.45, 2.75) is 19.2 Å². The van der Waals surface area contributed by atoms with Gasteiger partial charge in [-0.25, -0.2) is 9.02 Å². The summed E-state index contributed by atoms with van der Waals surface area (Å²) in [5, 5.41) is 12.1. The molecule has 31 heavy (non-hydrogen) atoms. The van der Waals surface area contributed by atoms with Gasteiger partial charge in [-0.05, 0) is 19.1 Å². The van der Waals surface area contributed by atoms with E-state index in [4.69, 9.17) is 17.3 Å². The average molecular weight is 471 g/mol. The van der Waals surface area contributed by atoms with Crippen molar-refractivity contribution in [3.8, 4) is 0 Å². The fourth-order valence-corrected chi connectivity index (χ4v) is 3.36. The quantitative estimate of drug-likeness (QED) is 0.340. The van der Waals surface area contributed by atoms with Gasteiger partial charge in [-0.1, -0.05) is 28.0 Å². The van der Waals surface area contributed by atoms with Gasteiger partial charge in [0.05, 0.1) is 25.4 Å². The number of Topliss-reactive ketones (excluding diaryl/α,β-unsaturated/α-hetero) is 1. The van der Waals surface area contributed by atoms with Crippen molar-refractivity contribution in [3.05, 3.63) is 46.0 Å². The molecule has 0 saturated carbocycles. The lowest BCUT2D eigenvalue weighted by Crippen LogP contribution is -2.43. The molecule has 0 radical (unpaired) electrons. The van der Waals surface area contributed by atoms with E-state index in [1.165, 1.54) is 23.9 Å². The predicted molar refractivity (Wildman–Crippen MR) is 113 cm³/mol. The Labute approximate surface area is 186 Å². The van der Waals surface area contributed by atoms with Crippen LogP contribution in [0.15, 0.2) is 27.8 Å². The zero-order valence-electron chi connectivity index (χ0n) is 16.5. The molecule has 4 N–H and O–H groups in total. The number of nitrogens with zero attached hydrogens (tertiary/aromatic N) is 3. The second-order valence-electron chi connectivity index (χ2n) is 6.19. The molecule has 166 valence electrons. The number of halogens is 2. The van der Waals surface area contributed by atoms with Gasteiger partial charge < -0.3 is 16.4 Å². The van der Waals surface area contributed by atoms with Crippen LogP contribution in [0.2, 0.25) is 5.02 Å². The first-order valence-corrected chi connectivity index (χ1v) is 10.5. The first-order valence-electron chi connectivity index (χ1n) is 8.93. The highest BCUT2D eigenvalue weighted by Crippen LogP contribution is 2.23. The maximum Gasteiger partial charge on any atom is 0.286 e. The molecular formula is C18H20ClFN6O4S. The molecule has 10 nitrogen and oxygen atoms in total. The fraction of sp³-hybridized carbons (Fsp3) is 0.333. The molecule has 1 heterocycles. The Bertz CT molecular complexity index is 963. The number of aryl methyl sites for hydroxylation is 1. The molecule has 1 aromatic carbocycles. The highest BCUT2D eigenvalue weighted by molar-refractivity contribution is 7.99. The minimum absolute atomic E-state index is 0.00500. The van der Waals surface area contributed by atoms with Crippen LogP contribution in [0.5, 0.6) is 0 Å². The number of aliphatic imine (C=N–C) groups is 1. The summed E-state index contributed by atoms with van der Waals surface area (Å²) in [5.74, 6) is -2.07. The average Bonchev–Trinajstić information content (AvgIpc) is 3.15. The lowest BCUT2D eigenvalue weighted by molar-refractivity contribution is -0.125. The lowest BCUT2D eigenvalue weighted by atomic mass is 10.2. The molecule has 2 rings (SSSR count). The Morgan fingerprint density at radius 3 is 2.71 bits per heavy atom. The summed E-state index contributed by atoms with van der Waals surface area (Å²) in [5.41, 5.74) is 6.83. The molecule has 2 aromatic rings. The summed E-state index contributed by atoms with van der Waals surface area (Å²) in [4.78, 5) is 39.3. The SMILES string of the molecule is Cc1nonc1CN=C(N)C(=O)NCC(=O)NCC(=O)CSCc1c(F)cccc1Cl. The highest BCUT2D eigenvalue weighted by atomic mass is 35.5. The topological polar surface area (TPSA) is 153 Å². The summed E-state index contributed by atoms with van der Waals surface area (Å²) in [7, 11) is 0.